The zero-order chi connectivity index (χ0) is 15.6. The summed E-state index contributed by atoms with van der Waals surface area (Å²) in [7, 11) is 0. The number of urea groups is 1. The van der Waals surface area contributed by atoms with Crippen molar-refractivity contribution < 1.29 is 19.6 Å². The number of carbonyl (C=O) groups excluding carboxylic acids is 1. The van der Waals surface area contributed by atoms with Crippen molar-refractivity contribution in [3.63, 3.8) is 0 Å². The minimum atomic E-state index is -0.922. The van der Waals surface area contributed by atoms with Crippen LogP contribution in [0.1, 0.15) is 18.4 Å². The maximum Gasteiger partial charge on any atom is 0.319 e. The molecule has 2 rings (SSSR count). The van der Waals surface area contributed by atoms with E-state index in [9.17, 15) is 19.7 Å². The Morgan fingerprint density at radius 3 is 2.62 bits per heavy atom. The molecule has 1 aromatic carbocycles. The third-order valence-electron chi connectivity index (χ3n) is 3.64. The van der Waals surface area contributed by atoms with Crippen LogP contribution in [0.2, 0.25) is 0 Å². The van der Waals surface area contributed by atoms with Gasteiger partial charge >= 0.3 is 12.0 Å². The number of nitro benzene ring substituents is 1. The van der Waals surface area contributed by atoms with Gasteiger partial charge in [0.15, 0.2) is 0 Å². The van der Waals surface area contributed by atoms with Gasteiger partial charge in [-0.1, -0.05) is 6.07 Å². The molecule has 0 saturated heterocycles. The summed E-state index contributed by atoms with van der Waals surface area (Å²) in [4.78, 5) is 33.0. The molecular weight excluding hydrogens is 278 g/mol. The summed E-state index contributed by atoms with van der Waals surface area (Å²) >= 11 is 0. The van der Waals surface area contributed by atoms with Crippen LogP contribution < -0.4 is 10.6 Å². The van der Waals surface area contributed by atoms with Gasteiger partial charge in [0.2, 0.25) is 0 Å². The number of amides is 2. The second-order valence-corrected chi connectivity index (χ2v) is 5.10. The lowest BCUT2D eigenvalue weighted by Gasteiger charge is -2.13. The van der Waals surface area contributed by atoms with Crippen molar-refractivity contribution in [2.24, 2.45) is 5.41 Å². The number of nitrogens with one attached hydrogen (secondary N) is 2. The first-order chi connectivity index (χ1) is 9.85. The summed E-state index contributed by atoms with van der Waals surface area (Å²) in [5.41, 5.74) is -0.273. The number of nitrogens with zero attached hydrogens (tertiary/aromatic N) is 1. The Morgan fingerprint density at radius 2 is 2.10 bits per heavy atom. The predicted octanol–water partition coefficient (Wildman–Crippen LogP) is 1.89. The van der Waals surface area contributed by atoms with Crippen LogP contribution in [0.3, 0.4) is 0 Å². The van der Waals surface area contributed by atoms with Crippen molar-refractivity contribution in [2.45, 2.75) is 19.8 Å². The highest BCUT2D eigenvalue weighted by molar-refractivity contribution is 5.91. The van der Waals surface area contributed by atoms with E-state index in [4.69, 9.17) is 5.11 Å². The molecule has 2 amide bonds. The molecule has 1 aliphatic rings. The van der Waals surface area contributed by atoms with Crippen molar-refractivity contribution in [3.8, 4) is 0 Å². The van der Waals surface area contributed by atoms with E-state index < -0.39 is 22.3 Å². The molecular formula is C13H15N3O5. The number of carboxylic acid groups (broad SMARTS) is 1. The lowest BCUT2D eigenvalue weighted by molar-refractivity contribution is -0.385. The summed E-state index contributed by atoms with van der Waals surface area (Å²) in [6.07, 6.45) is 1.08. The van der Waals surface area contributed by atoms with E-state index in [1.54, 1.807) is 6.07 Å². The summed E-state index contributed by atoms with van der Waals surface area (Å²) in [6, 6.07) is 3.79. The average molecular weight is 293 g/mol. The highest BCUT2D eigenvalue weighted by Crippen LogP contribution is 2.45. The molecule has 0 unspecified atom stereocenters. The van der Waals surface area contributed by atoms with Crippen LogP contribution in [0.15, 0.2) is 18.2 Å². The van der Waals surface area contributed by atoms with E-state index in [-0.39, 0.29) is 12.2 Å². The zero-order valence-electron chi connectivity index (χ0n) is 11.4. The molecule has 0 radical (unpaired) electrons. The minimum absolute atomic E-state index is 0.0438. The van der Waals surface area contributed by atoms with Gasteiger partial charge in [-0.15, -0.1) is 0 Å². The molecule has 112 valence electrons. The Balaban J connectivity index is 1.99. The Bertz CT molecular complexity index is 610. The molecule has 1 fully saturated rings. The van der Waals surface area contributed by atoms with E-state index in [1.165, 1.54) is 19.1 Å². The molecule has 3 N–H and O–H groups in total. The zero-order valence-corrected chi connectivity index (χ0v) is 11.4. The molecule has 0 atom stereocenters. The van der Waals surface area contributed by atoms with Gasteiger partial charge in [-0.05, 0) is 25.8 Å². The lowest BCUT2D eigenvalue weighted by atomic mass is 10.1. The van der Waals surface area contributed by atoms with E-state index in [0.717, 1.165) is 0 Å². The van der Waals surface area contributed by atoms with Crippen LogP contribution in [0.5, 0.6) is 0 Å². The van der Waals surface area contributed by atoms with Crippen molar-refractivity contribution in [3.05, 3.63) is 33.9 Å². The molecule has 0 aromatic heterocycles. The van der Waals surface area contributed by atoms with Crippen molar-refractivity contribution in [1.82, 2.24) is 5.32 Å². The van der Waals surface area contributed by atoms with Crippen LogP contribution in [-0.4, -0.2) is 28.6 Å². The number of hydrogen-bond acceptors (Lipinski definition) is 4. The van der Waals surface area contributed by atoms with Gasteiger partial charge in [0.25, 0.3) is 5.69 Å². The summed E-state index contributed by atoms with van der Waals surface area (Å²) in [5.74, 6) is -0.922. The Kier molecular flexibility index (Phi) is 3.79. The second kappa shape index (κ2) is 5.39. The Labute approximate surface area is 120 Å². The first kappa shape index (κ1) is 14.8. The average Bonchev–Trinajstić information content (AvgIpc) is 3.20. The number of aliphatic carboxylic acids is 1. The smallest absolute Gasteiger partial charge is 0.319 e. The number of carboxylic acids is 1. The lowest BCUT2D eigenvalue weighted by Crippen LogP contribution is -2.36. The Hall–Kier alpha value is -2.64. The fraction of sp³-hybridized carbons (Fsp3) is 0.385. The summed E-state index contributed by atoms with van der Waals surface area (Å²) < 4.78 is 0. The first-order valence-electron chi connectivity index (χ1n) is 6.38. The standard InChI is InChI=1S/C13H15N3O5/c1-8-9(3-2-4-10(8)16(20)21)15-12(19)14-7-13(5-6-13)11(17)18/h2-4H,5-7H2,1H3,(H,17,18)(H2,14,15,19). The molecule has 1 saturated carbocycles. The number of anilines is 1. The quantitative estimate of drug-likeness (QED) is 0.565. The molecule has 1 aromatic rings. The molecule has 0 heterocycles. The van der Waals surface area contributed by atoms with E-state index >= 15 is 0 Å². The molecule has 0 aliphatic heterocycles. The summed E-state index contributed by atoms with van der Waals surface area (Å²) in [6.45, 7) is 1.58. The van der Waals surface area contributed by atoms with Crippen LogP contribution >= 0.6 is 0 Å². The van der Waals surface area contributed by atoms with E-state index in [1.807, 2.05) is 0 Å². The number of benzene rings is 1. The molecule has 8 nitrogen and oxygen atoms in total. The van der Waals surface area contributed by atoms with Crippen LogP contribution in [0, 0.1) is 22.5 Å². The highest BCUT2D eigenvalue weighted by atomic mass is 16.6. The van der Waals surface area contributed by atoms with Gasteiger partial charge in [0.05, 0.1) is 21.6 Å². The maximum absolute atomic E-state index is 11.8. The third-order valence-corrected chi connectivity index (χ3v) is 3.64. The number of hydrogen-bond donors (Lipinski definition) is 3. The SMILES string of the molecule is Cc1c(NC(=O)NCC2(C(=O)O)CC2)cccc1[N+](=O)[O-]. The van der Waals surface area contributed by atoms with Crippen LogP contribution in [0.25, 0.3) is 0 Å². The molecule has 21 heavy (non-hydrogen) atoms. The van der Waals surface area contributed by atoms with Gasteiger partial charge in [-0.25, -0.2) is 4.79 Å². The molecule has 8 heteroatoms. The summed E-state index contributed by atoms with van der Waals surface area (Å²) in [5, 5.41) is 24.8. The van der Waals surface area contributed by atoms with E-state index in [2.05, 4.69) is 10.6 Å². The van der Waals surface area contributed by atoms with Gasteiger partial charge in [0.1, 0.15) is 0 Å². The molecule has 1 aliphatic carbocycles. The van der Waals surface area contributed by atoms with Crippen molar-refractivity contribution in [1.29, 1.82) is 0 Å². The topological polar surface area (TPSA) is 122 Å². The van der Waals surface area contributed by atoms with Gasteiger partial charge in [-0.2, -0.15) is 0 Å². The monoisotopic (exact) mass is 293 g/mol. The maximum atomic E-state index is 11.8. The highest BCUT2D eigenvalue weighted by Gasteiger charge is 2.50. The van der Waals surface area contributed by atoms with Crippen LogP contribution in [0.4, 0.5) is 16.2 Å². The van der Waals surface area contributed by atoms with Crippen LogP contribution in [-0.2, 0) is 4.79 Å². The van der Waals surface area contributed by atoms with Gasteiger partial charge in [0, 0.05) is 12.6 Å². The number of carbonyl (C=O) groups is 2. The first-order valence-corrected chi connectivity index (χ1v) is 6.38. The predicted molar refractivity (Wildman–Crippen MR) is 74.2 cm³/mol. The number of rotatable bonds is 5. The minimum Gasteiger partial charge on any atom is -0.481 e. The normalized spacial score (nSPS) is 15.1. The second-order valence-electron chi connectivity index (χ2n) is 5.10. The fourth-order valence-electron chi connectivity index (χ4n) is 1.99. The Morgan fingerprint density at radius 1 is 1.43 bits per heavy atom. The fourth-order valence-corrected chi connectivity index (χ4v) is 1.99. The number of nitro groups is 1. The van der Waals surface area contributed by atoms with E-state index in [0.29, 0.717) is 24.1 Å². The van der Waals surface area contributed by atoms with Crippen molar-refractivity contribution in [2.75, 3.05) is 11.9 Å². The molecule has 0 spiro atoms. The van der Waals surface area contributed by atoms with Crippen molar-refractivity contribution >= 4 is 23.4 Å². The van der Waals surface area contributed by atoms with Gasteiger partial charge in [-0.3, -0.25) is 14.9 Å². The van der Waals surface area contributed by atoms with Gasteiger partial charge < -0.3 is 15.7 Å². The molecule has 0 bridgehead atoms. The third kappa shape index (κ3) is 3.10. The largest absolute Gasteiger partial charge is 0.481 e.